The molecule has 1 aromatic heterocycles. The Morgan fingerprint density at radius 3 is 2.50 bits per heavy atom. The summed E-state index contributed by atoms with van der Waals surface area (Å²) >= 11 is 0. The maximum Gasteiger partial charge on any atom is 0.163 e. The second-order valence-corrected chi connectivity index (χ2v) is 4.57. The summed E-state index contributed by atoms with van der Waals surface area (Å²) in [5.41, 5.74) is 2.39. The van der Waals surface area contributed by atoms with Crippen LogP contribution in [0.4, 0.5) is 0 Å². The van der Waals surface area contributed by atoms with Crippen molar-refractivity contribution in [3.63, 3.8) is 0 Å². The van der Waals surface area contributed by atoms with Gasteiger partial charge in [-0.3, -0.25) is 0 Å². The molecule has 0 unspecified atom stereocenters. The first-order valence-corrected chi connectivity index (χ1v) is 5.61. The molecule has 0 amide bonds. The maximum atomic E-state index is 4.18. The fraction of sp³-hybridized carbons (Fsp3) is 0.385. The van der Waals surface area contributed by atoms with Gasteiger partial charge in [0.05, 0.1) is 0 Å². The molecule has 2 aromatic rings. The van der Waals surface area contributed by atoms with Crippen molar-refractivity contribution in [1.82, 2.24) is 14.8 Å². The normalized spacial score (nSPS) is 11.0. The molecule has 0 aliphatic heterocycles. The van der Waals surface area contributed by atoms with Crippen molar-refractivity contribution in [3.8, 4) is 11.4 Å². The SMILES string of the molecule is Cc1ccc(-c2nncn2CC(C)C)cc1. The summed E-state index contributed by atoms with van der Waals surface area (Å²) in [6, 6.07) is 8.39. The second kappa shape index (κ2) is 4.47. The average Bonchev–Trinajstić information content (AvgIpc) is 2.66. The minimum Gasteiger partial charge on any atom is -0.313 e. The summed E-state index contributed by atoms with van der Waals surface area (Å²) in [5, 5.41) is 8.17. The van der Waals surface area contributed by atoms with E-state index in [0.29, 0.717) is 5.92 Å². The van der Waals surface area contributed by atoms with Crippen molar-refractivity contribution < 1.29 is 0 Å². The molecule has 0 atom stereocenters. The first-order chi connectivity index (χ1) is 7.66. The number of hydrogen-bond donors (Lipinski definition) is 0. The first-order valence-electron chi connectivity index (χ1n) is 5.61. The fourth-order valence-electron chi connectivity index (χ4n) is 1.71. The van der Waals surface area contributed by atoms with Gasteiger partial charge in [0, 0.05) is 12.1 Å². The van der Waals surface area contributed by atoms with E-state index in [1.807, 2.05) is 0 Å². The number of aryl methyl sites for hydroxylation is 1. The van der Waals surface area contributed by atoms with Gasteiger partial charge in [-0.05, 0) is 12.8 Å². The molecule has 2 rings (SSSR count). The Labute approximate surface area is 96.1 Å². The van der Waals surface area contributed by atoms with Gasteiger partial charge >= 0.3 is 0 Å². The number of hydrogen-bond acceptors (Lipinski definition) is 2. The van der Waals surface area contributed by atoms with E-state index in [4.69, 9.17) is 0 Å². The molecular weight excluding hydrogens is 198 g/mol. The zero-order valence-corrected chi connectivity index (χ0v) is 10.0. The fourth-order valence-corrected chi connectivity index (χ4v) is 1.71. The molecule has 0 bridgehead atoms. The predicted molar refractivity (Wildman–Crippen MR) is 65.0 cm³/mol. The molecule has 16 heavy (non-hydrogen) atoms. The number of benzene rings is 1. The largest absolute Gasteiger partial charge is 0.313 e. The van der Waals surface area contributed by atoms with Gasteiger partial charge in [-0.15, -0.1) is 10.2 Å². The highest BCUT2D eigenvalue weighted by molar-refractivity contribution is 5.55. The van der Waals surface area contributed by atoms with E-state index in [-0.39, 0.29) is 0 Å². The third kappa shape index (κ3) is 2.30. The molecule has 0 spiro atoms. The average molecular weight is 215 g/mol. The van der Waals surface area contributed by atoms with E-state index in [2.05, 4.69) is 59.8 Å². The smallest absolute Gasteiger partial charge is 0.163 e. The Kier molecular flexibility index (Phi) is 3.04. The van der Waals surface area contributed by atoms with E-state index >= 15 is 0 Å². The van der Waals surface area contributed by atoms with E-state index in [1.165, 1.54) is 5.56 Å². The number of rotatable bonds is 3. The van der Waals surface area contributed by atoms with Crippen LogP contribution in [0, 0.1) is 12.8 Å². The van der Waals surface area contributed by atoms with E-state index in [9.17, 15) is 0 Å². The molecule has 0 N–H and O–H groups in total. The molecule has 0 fully saturated rings. The second-order valence-electron chi connectivity index (χ2n) is 4.57. The Bertz CT molecular complexity index is 454. The van der Waals surface area contributed by atoms with Crippen molar-refractivity contribution in [3.05, 3.63) is 36.2 Å². The minimum atomic E-state index is 0.597. The lowest BCUT2D eigenvalue weighted by atomic mass is 10.1. The van der Waals surface area contributed by atoms with Gasteiger partial charge in [0.1, 0.15) is 6.33 Å². The summed E-state index contributed by atoms with van der Waals surface area (Å²) in [6.07, 6.45) is 1.80. The van der Waals surface area contributed by atoms with Crippen molar-refractivity contribution in [1.29, 1.82) is 0 Å². The van der Waals surface area contributed by atoms with Crippen LogP contribution < -0.4 is 0 Å². The molecule has 1 aromatic carbocycles. The lowest BCUT2D eigenvalue weighted by molar-refractivity contribution is 0.525. The highest BCUT2D eigenvalue weighted by atomic mass is 15.3. The van der Waals surface area contributed by atoms with Crippen molar-refractivity contribution in [2.24, 2.45) is 5.92 Å². The minimum absolute atomic E-state index is 0.597. The summed E-state index contributed by atoms with van der Waals surface area (Å²) < 4.78 is 2.11. The van der Waals surface area contributed by atoms with Crippen LogP contribution >= 0.6 is 0 Å². The third-order valence-corrected chi connectivity index (χ3v) is 2.49. The highest BCUT2D eigenvalue weighted by Crippen LogP contribution is 2.17. The van der Waals surface area contributed by atoms with E-state index < -0.39 is 0 Å². The van der Waals surface area contributed by atoms with Gasteiger partial charge < -0.3 is 4.57 Å². The van der Waals surface area contributed by atoms with Crippen LogP contribution in [0.15, 0.2) is 30.6 Å². The van der Waals surface area contributed by atoms with Crippen molar-refractivity contribution in [2.45, 2.75) is 27.3 Å². The molecule has 0 saturated carbocycles. The molecule has 0 radical (unpaired) electrons. The van der Waals surface area contributed by atoms with Crippen LogP contribution in [0.5, 0.6) is 0 Å². The molecule has 0 aliphatic rings. The van der Waals surface area contributed by atoms with Crippen LogP contribution in [0.1, 0.15) is 19.4 Å². The zero-order valence-electron chi connectivity index (χ0n) is 10.0. The molecular formula is C13H17N3. The van der Waals surface area contributed by atoms with Gasteiger partial charge in [0.25, 0.3) is 0 Å². The molecule has 3 heteroatoms. The number of aromatic nitrogens is 3. The quantitative estimate of drug-likeness (QED) is 0.788. The molecule has 0 aliphatic carbocycles. The van der Waals surface area contributed by atoms with E-state index in [0.717, 1.165) is 17.9 Å². The third-order valence-electron chi connectivity index (χ3n) is 2.49. The Hall–Kier alpha value is -1.64. The van der Waals surface area contributed by atoms with E-state index in [1.54, 1.807) is 6.33 Å². The first kappa shape index (κ1) is 10.9. The highest BCUT2D eigenvalue weighted by Gasteiger charge is 2.07. The van der Waals surface area contributed by atoms with Gasteiger partial charge in [0.15, 0.2) is 5.82 Å². The van der Waals surface area contributed by atoms with Crippen LogP contribution in [0.2, 0.25) is 0 Å². The summed E-state index contributed by atoms with van der Waals surface area (Å²) in [6.45, 7) is 7.43. The Morgan fingerprint density at radius 2 is 1.88 bits per heavy atom. The topological polar surface area (TPSA) is 30.7 Å². The zero-order chi connectivity index (χ0) is 11.5. The Balaban J connectivity index is 2.33. The molecule has 0 saturated heterocycles. The van der Waals surface area contributed by atoms with Gasteiger partial charge in [-0.1, -0.05) is 43.7 Å². The standard InChI is InChI=1S/C13H17N3/c1-10(2)8-16-9-14-15-13(16)12-6-4-11(3)5-7-12/h4-7,9-10H,8H2,1-3H3. The lowest BCUT2D eigenvalue weighted by Gasteiger charge is -2.09. The van der Waals surface area contributed by atoms with Crippen molar-refractivity contribution >= 4 is 0 Å². The van der Waals surface area contributed by atoms with Crippen LogP contribution in [0.3, 0.4) is 0 Å². The van der Waals surface area contributed by atoms with Crippen LogP contribution in [-0.2, 0) is 6.54 Å². The number of nitrogens with zero attached hydrogens (tertiary/aromatic N) is 3. The Morgan fingerprint density at radius 1 is 1.19 bits per heavy atom. The van der Waals surface area contributed by atoms with Crippen LogP contribution in [0.25, 0.3) is 11.4 Å². The molecule has 3 nitrogen and oxygen atoms in total. The van der Waals surface area contributed by atoms with Crippen LogP contribution in [-0.4, -0.2) is 14.8 Å². The predicted octanol–water partition coefficient (Wildman–Crippen LogP) is 2.91. The summed E-state index contributed by atoms with van der Waals surface area (Å²) in [5.74, 6) is 1.55. The maximum absolute atomic E-state index is 4.18. The van der Waals surface area contributed by atoms with Gasteiger partial charge in [0.2, 0.25) is 0 Å². The molecule has 84 valence electrons. The van der Waals surface area contributed by atoms with Crippen molar-refractivity contribution in [2.75, 3.05) is 0 Å². The molecule has 1 heterocycles. The van der Waals surface area contributed by atoms with Gasteiger partial charge in [-0.2, -0.15) is 0 Å². The van der Waals surface area contributed by atoms with Gasteiger partial charge in [-0.25, -0.2) is 0 Å². The summed E-state index contributed by atoms with van der Waals surface area (Å²) in [7, 11) is 0. The lowest BCUT2D eigenvalue weighted by Crippen LogP contribution is -2.05. The summed E-state index contributed by atoms with van der Waals surface area (Å²) in [4.78, 5) is 0. The monoisotopic (exact) mass is 215 g/mol.